The molecule has 0 saturated carbocycles. The number of hydroxylamine groups is 2. The van der Waals surface area contributed by atoms with E-state index >= 15 is 0 Å². The molecule has 0 spiro atoms. The van der Waals surface area contributed by atoms with Crippen molar-refractivity contribution < 1.29 is 24.0 Å². The van der Waals surface area contributed by atoms with Crippen LogP contribution < -0.4 is 10.6 Å². The number of thioether (sulfide) groups is 1. The predicted octanol–water partition coefficient (Wildman–Crippen LogP) is 3.52. The van der Waals surface area contributed by atoms with Crippen LogP contribution in [0.5, 0.6) is 0 Å². The molecule has 0 saturated heterocycles. The first-order valence-electron chi connectivity index (χ1n) is 10.2. The molecule has 1 atom stereocenters. The quantitative estimate of drug-likeness (QED) is 0.108. The lowest BCUT2D eigenvalue weighted by molar-refractivity contribution is -0.154. The zero-order chi connectivity index (χ0) is 22.6. The number of nitrogens with zero attached hydrogens (tertiary/aromatic N) is 1. The Bertz CT molecular complexity index is 870. The third kappa shape index (κ3) is 7.76. The molecule has 0 unspecified atom stereocenters. The Kier molecular flexibility index (Phi) is 10.1. The van der Waals surface area contributed by atoms with Crippen molar-refractivity contribution in [2.45, 2.75) is 37.5 Å². The van der Waals surface area contributed by atoms with Gasteiger partial charge in [0.2, 0.25) is 12.3 Å². The zero-order valence-electron chi connectivity index (χ0n) is 17.8. The van der Waals surface area contributed by atoms with Gasteiger partial charge in [-0.2, -0.15) is 0 Å². The molecule has 3 amide bonds. The molecule has 1 aromatic carbocycles. The van der Waals surface area contributed by atoms with Crippen LogP contribution in [0.3, 0.4) is 0 Å². The molecule has 0 fully saturated rings. The van der Waals surface area contributed by atoms with Gasteiger partial charge in [-0.25, -0.2) is 5.06 Å². The van der Waals surface area contributed by atoms with Gasteiger partial charge in [0.05, 0.1) is 19.1 Å². The van der Waals surface area contributed by atoms with Gasteiger partial charge in [-0.3, -0.25) is 19.6 Å². The molecule has 0 aliphatic heterocycles. The Hall–Kier alpha value is -2.78. The molecule has 0 aliphatic carbocycles. The Balaban J connectivity index is 1.89. The Morgan fingerprint density at radius 3 is 2.74 bits per heavy atom. The summed E-state index contributed by atoms with van der Waals surface area (Å²) in [6.45, 7) is 1.87. The first-order chi connectivity index (χ1) is 15.0. The largest absolute Gasteiger partial charge is 0.451 e. The minimum Gasteiger partial charge on any atom is -0.451 e. The smallest absolute Gasteiger partial charge is 0.288 e. The van der Waals surface area contributed by atoms with E-state index in [0.717, 1.165) is 29.7 Å². The van der Waals surface area contributed by atoms with E-state index in [0.29, 0.717) is 17.2 Å². The maximum atomic E-state index is 12.4. The van der Waals surface area contributed by atoms with Crippen molar-refractivity contribution in [1.82, 2.24) is 15.7 Å². The Morgan fingerprint density at radius 1 is 1.23 bits per heavy atom. The molecule has 1 aromatic heterocycles. The van der Waals surface area contributed by atoms with Crippen LogP contribution in [0.1, 0.15) is 43.2 Å². The minimum absolute atomic E-state index is 0.0908. The summed E-state index contributed by atoms with van der Waals surface area (Å²) in [5.41, 5.74) is 0.873. The lowest BCUT2D eigenvalue weighted by atomic mass is 10.0. The number of unbranched alkanes of at least 4 members (excludes halogenated alkanes) is 2. The standard InChI is InChI=1S/C22H29N3O5S/c1-3-4-5-7-17(13-25(29)15-26)21(27)23-14-24-22(28)20-11-10-19(30-20)16-8-6-9-18(12-16)31-2/h6,8-12,15,17,29H,3-5,7,13-14H2,1-2H3,(H,23,27)(H,24,28)/t17-/m1/s1. The van der Waals surface area contributed by atoms with Gasteiger partial charge in [0, 0.05) is 10.5 Å². The van der Waals surface area contributed by atoms with Gasteiger partial charge in [0.1, 0.15) is 5.76 Å². The summed E-state index contributed by atoms with van der Waals surface area (Å²) in [4.78, 5) is 36.5. The normalized spacial score (nSPS) is 11.6. The second-order valence-electron chi connectivity index (χ2n) is 7.04. The average molecular weight is 448 g/mol. The molecule has 0 bridgehead atoms. The van der Waals surface area contributed by atoms with E-state index in [1.807, 2.05) is 37.4 Å². The number of benzene rings is 1. The van der Waals surface area contributed by atoms with E-state index in [1.165, 1.54) is 0 Å². The summed E-state index contributed by atoms with van der Waals surface area (Å²) in [5.74, 6) is -0.630. The number of hydrogen-bond donors (Lipinski definition) is 3. The van der Waals surface area contributed by atoms with Crippen molar-refractivity contribution in [3.63, 3.8) is 0 Å². The van der Waals surface area contributed by atoms with Crippen molar-refractivity contribution in [2.75, 3.05) is 19.5 Å². The third-order valence-electron chi connectivity index (χ3n) is 4.75. The maximum Gasteiger partial charge on any atom is 0.288 e. The lowest BCUT2D eigenvalue weighted by Crippen LogP contribution is -2.42. The lowest BCUT2D eigenvalue weighted by Gasteiger charge is -2.19. The number of rotatable bonds is 13. The number of nitrogens with one attached hydrogen (secondary N) is 2. The number of amides is 3. The Morgan fingerprint density at radius 2 is 2.03 bits per heavy atom. The van der Waals surface area contributed by atoms with Crippen molar-refractivity contribution in [3.05, 3.63) is 42.2 Å². The van der Waals surface area contributed by atoms with Gasteiger partial charge in [0.25, 0.3) is 5.91 Å². The molecular formula is C22H29N3O5S. The number of carbonyl (C=O) groups is 3. The summed E-state index contributed by atoms with van der Waals surface area (Å²) in [7, 11) is 0. The highest BCUT2D eigenvalue weighted by Gasteiger charge is 2.21. The molecule has 0 aliphatic rings. The van der Waals surface area contributed by atoms with Crippen LogP contribution in [0.25, 0.3) is 11.3 Å². The van der Waals surface area contributed by atoms with Crippen LogP contribution in [-0.2, 0) is 9.59 Å². The summed E-state index contributed by atoms with van der Waals surface area (Å²) in [6.07, 6.45) is 5.54. The van der Waals surface area contributed by atoms with Crippen molar-refractivity contribution in [3.8, 4) is 11.3 Å². The molecule has 1 heterocycles. The molecule has 3 N–H and O–H groups in total. The summed E-state index contributed by atoms with van der Waals surface area (Å²) in [6, 6.07) is 11.1. The first kappa shape index (κ1) is 24.5. The third-order valence-corrected chi connectivity index (χ3v) is 5.48. The molecule has 9 heteroatoms. The second kappa shape index (κ2) is 12.8. The minimum atomic E-state index is -0.558. The highest BCUT2D eigenvalue weighted by Crippen LogP contribution is 2.26. The molecule has 168 valence electrons. The Labute approximate surface area is 186 Å². The molecule has 0 radical (unpaired) electrons. The molecule has 2 aromatic rings. The van der Waals surface area contributed by atoms with Gasteiger partial charge < -0.3 is 15.1 Å². The van der Waals surface area contributed by atoms with E-state index in [-0.39, 0.29) is 31.3 Å². The van der Waals surface area contributed by atoms with Crippen LogP contribution >= 0.6 is 11.8 Å². The van der Waals surface area contributed by atoms with E-state index in [2.05, 4.69) is 10.6 Å². The number of hydrogen-bond acceptors (Lipinski definition) is 6. The predicted molar refractivity (Wildman–Crippen MR) is 119 cm³/mol. The molecule has 31 heavy (non-hydrogen) atoms. The highest BCUT2D eigenvalue weighted by atomic mass is 32.2. The van der Waals surface area contributed by atoms with Crippen LogP contribution in [0, 0.1) is 5.92 Å². The zero-order valence-corrected chi connectivity index (χ0v) is 18.6. The van der Waals surface area contributed by atoms with Gasteiger partial charge >= 0.3 is 0 Å². The van der Waals surface area contributed by atoms with Gasteiger partial charge in [-0.15, -0.1) is 11.8 Å². The van der Waals surface area contributed by atoms with Crippen molar-refractivity contribution in [2.24, 2.45) is 5.92 Å². The summed E-state index contributed by atoms with van der Waals surface area (Å²) < 4.78 is 5.66. The summed E-state index contributed by atoms with van der Waals surface area (Å²) >= 11 is 1.62. The van der Waals surface area contributed by atoms with Crippen LogP contribution in [0.2, 0.25) is 0 Å². The van der Waals surface area contributed by atoms with E-state index in [9.17, 15) is 19.6 Å². The molecular weight excluding hydrogens is 418 g/mol. The van der Waals surface area contributed by atoms with Crippen LogP contribution in [0.4, 0.5) is 0 Å². The first-order valence-corrected chi connectivity index (χ1v) is 11.4. The SMILES string of the molecule is CCCCC[C@H](CN(O)C=O)C(=O)NCNC(=O)c1ccc(-c2cccc(SC)c2)o1. The number of carbonyl (C=O) groups excluding carboxylic acids is 3. The fourth-order valence-corrected chi connectivity index (χ4v) is 3.51. The van der Waals surface area contributed by atoms with Gasteiger partial charge in [-0.1, -0.05) is 38.3 Å². The number of furan rings is 1. The molecule has 8 nitrogen and oxygen atoms in total. The fraction of sp³-hybridized carbons (Fsp3) is 0.409. The van der Waals surface area contributed by atoms with Gasteiger partial charge in [-0.05, 0) is 36.9 Å². The van der Waals surface area contributed by atoms with Crippen LogP contribution in [-0.4, -0.2) is 48.0 Å². The topological polar surface area (TPSA) is 112 Å². The molecule has 2 rings (SSSR count). The monoisotopic (exact) mass is 447 g/mol. The average Bonchev–Trinajstić information content (AvgIpc) is 3.28. The van der Waals surface area contributed by atoms with Gasteiger partial charge in [0.15, 0.2) is 5.76 Å². The second-order valence-corrected chi connectivity index (χ2v) is 7.92. The maximum absolute atomic E-state index is 12.4. The summed E-state index contributed by atoms with van der Waals surface area (Å²) in [5, 5.41) is 15.1. The van der Waals surface area contributed by atoms with Crippen LogP contribution in [0.15, 0.2) is 45.7 Å². The van der Waals surface area contributed by atoms with Crippen molar-refractivity contribution in [1.29, 1.82) is 0 Å². The highest BCUT2D eigenvalue weighted by molar-refractivity contribution is 7.98. The van der Waals surface area contributed by atoms with E-state index < -0.39 is 11.8 Å². The van der Waals surface area contributed by atoms with E-state index in [1.54, 1.807) is 23.9 Å². The van der Waals surface area contributed by atoms with Crippen molar-refractivity contribution >= 4 is 30.0 Å². The van der Waals surface area contributed by atoms with E-state index in [4.69, 9.17) is 4.42 Å². The fourth-order valence-electron chi connectivity index (χ4n) is 3.05.